The highest BCUT2D eigenvalue weighted by atomic mass is 35.5. The van der Waals surface area contributed by atoms with Crippen molar-refractivity contribution in [3.05, 3.63) is 22.8 Å². The second-order valence-corrected chi connectivity index (χ2v) is 4.80. The maximum atomic E-state index is 12.4. The predicted molar refractivity (Wildman–Crippen MR) is 69.4 cm³/mol. The van der Waals surface area contributed by atoms with E-state index in [4.69, 9.17) is 22.4 Å². The number of hydrogen-bond donors (Lipinski definition) is 2. The number of nitrogens with zero attached hydrogens (tertiary/aromatic N) is 2. The minimum Gasteiger partial charge on any atom is -0.395 e. The summed E-state index contributed by atoms with van der Waals surface area (Å²) in [5.74, 6) is 0.0770. The number of nitrogens with two attached hydrogens (primary N) is 1. The van der Waals surface area contributed by atoms with Crippen molar-refractivity contribution in [3.63, 3.8) is 0 Å². The largest absolute Gasteiger partial charge is 0.395 e. The summed E-state index contributed by atoms with van der Waals surface area (Å²) in [5, 5.41) is 9.35. The molecule has 98 valence electrons. The molecule has 0 bridgehead atoms. The van der Waals surface area contributed by atoms with Gasteiger partial charge in [-0.3, -0.25) is 4.79 Å². The second kappa shape index (κ2) is 5.54. The Balaban J connectivity index is 2.23. The molecule has 6 heteroatoms. The lowest BCUT2D eigenvalue weighted by Crippen LogP contribution is -2.45. The van der Waals surface area contributed by atoms with Gasteiger partial charge < -0.3 is 15.7 Å². The number of aliphatic hydroxyl groups is 1. The van der Waals surface area contributed by atoms with E-state index in [1.54, 1.807) is 4.90 Å². The first-order valence-corrected chi connectivity index (χ1v) is 6.34. The van der Waals surface area contributed by atoms with E-state index in [2.05, 4.69) is 4.98 Å². The topological polar surface area (TPSA) is 79.5 Å². The molecule has 2 rings (SSSR count). The van der Waals surface area contributed by atoms with Crippen molar-refractivity contribution in [2.24, 2.45) is 0 Å². The summed E-state index contributed by atoms with van der Waals surface area (Å²) in [6.07, 6.45) is 4.45. The van der Waals surface area contributed by atoms with Crippen LogP contribution in [-0.4, -0.2) is 40.1 Å². The molecule has 5 nitrogen and oxygen atoms in total. The van der Waals surface area contributed by atoms with Gasteiger partial charge in [-0.05, 0) is 25.3 Å². The van der Waals surface area contributed by atoms with Crippen LogP contribution in [0.2, 0.25) is 5.02 Å². The summed E-state index contributed by atoms with van der Waals surface area (Å²) in [4.78, 5) is 17.9. The van der Waals surface area contributed by atoms with E-state index in [-0.39, 0.29) is 29.4 Å². The standard InChI is InChI=1S/C12H16ClN3O2/c13-10-7-15-11(14)6-9(10)12(18)16(4-5-17)8-2-1-3-8/h6-8,17H,1-5H2,(H2,14,15). The minimum absolute atomic E-state index is 0.0551. The van der Waals surface area contributed by atoms with E-state index in [0.717, 1.165) is 19.3 Å². The number of aliphatic hydroxyl groups excluding tert-OH is 1. The zero-order valence-corrected chi connectivity index (χ0v) is 10.7. The molecule has 1 heterocycles. The molecular weight excluding hydrogens is 254 g/mol. The number of pyridine rings is 1. The van der Waals surface area contributed by atoms with Gasteiger partial charge in [0.25, 0.3) is 5.91 Å². The normalized spacial score (nSPS) is 15.2. The van der Waals surface area contributed by atoms with Gasteiger partial charge in [-0.2, -0.15) is 0 Å². The highest BCUT2D eigenvalue weighted by Gasteiger charge is 2.30. The van der Waals surface area contributed by atoms with Gasteiger partial charge in [-0.15, -0.1) is 0 Å². The van der Waals surface area contributed by atoms with Gasteiger partial charge >= 0.3 is 0 Å². The highest BCUT2D eigenvalue weighted by molar-refractivity contribution is 6.33. The minimum atomic E-state index is -0.187. The zero-order chi connectivity index (χ0) is 13.1. The SMILES string of the molecule is Nc1cc(C(=O)N(CCO)C2CCC2)c(Cl)cn1. The summed E-state index contributed by atoms with van der Waals surface area (Å²) >= 11 is 5.97. The predicted octanol–water partition coefficient (Wildman–Crippen LogP) is 1.30. The van der Waals surface area contributed by atoms with Crippen molar-refractivity contribution in [2.45, 2.75) is 25.3 Å². The first kappa shape index (κ1) is 13.1. The van der Waals surface area contributed by atoms with Crippen molar-refractivity contribution >= 4 is 23.3 Å². The van der Waals surface area contributed by atoms with E-state index in [1.807, 2.05) is 0 Å². The van der Waals surface area contributed by atoms with Crippen LogP contribution in [0, 0.1) is 0 Å². The molecule has 18 heavy (non-hydrogen) atoms. The third-order valence-corrected chi connectivity index (χ3v) is 3.53. The van der Waals surface area contributed by atoms with E-state index >= 15 is 0 Å². The van der Waals surface area contributed by atoms with Crippen LogP contribution in [0.3, 0.4) is 0 Å². The smallest absolute Gasteiger partial charge is 0.255 e. The van der Waals surface area contributed by atoms with Crippen LogP contribution in [-0.2, 0) is 0 Å². The fourth-order valence-electron chi connectivity index (χ4n) is 2.03. The third-order valence-electron chi connectivity index (χ3n) is 3.22. The number of carbonyl (C=O) groups is 1. The second-order valence-electron chi connectivity index (χ2n) is 4.40. The molecule has 0 saturated heterocycles. The van der Waals surface area contributed by atoms with Crippen LogP contribution in [0.1, 0.15) is 29.6 Å². The first-order chi connectivity index (χ1) is 8.63. The fourth-order valence-corrected chi connectivity index (χ4v) is 2.21. The van der Waals surface area contributed by atoms with Crippen molar-refractivity contribution in [1.82, 2.24) is 9.88 Å². The lowest BCUT2D eigenvalue weighted by atomic mass is 9.91. The van der Waals surface area contributed by atoms with E-state index < -0.39 is 0 Å². The summed E-state index contributed by atoms with van der Waals surface area (Å²) in [6.45, 7) is 0.266. The first-order valence-electron chi connectivity index (χ1n) is 5.96. The highest BCUT2D eigenvalue weighted by Crippen LogP contribution is 2.27. The van der Waals surface area contributed by atoms with Gasteiger partial charge in [0, 0.05) is 18.8 Å². The van der Waals surface area contributed by atoms with Crippen molar-refractivity contribution < 1.29 is 9.90 Å². The van der Waals surface area contributed by atoms with Gasteiger partial charge in [0.15, 0.2) is 0 Å². The number of halogens is 1. The lowest BCUT2D eigenvalue weighted by Gasteiger charge is -2.37. The van der Waals surface area contributed by atoms with E-state index in [0.29, 0.717) is 12.1 Å². The Morgan fingerprint density at radius 1 is 1.61 bits per heavy atom. The molecular formula is C12H16ClN3O2. The number of aromatic nitrogens is 1. The molecule has 0 aromatic carbocycles. The van der Waals surface area contributed by atoms with E-state index in [1.165, 1.54) is 12.3 Å². The molecule has 1 aliphatic carbocycles. The molecule has 1 amide bonds. The Kier molecular flexibility index (Phi) is 4.04. The van der Waals surface area contributed by atoms with Crippen LogP contribution < -0.4 is 5.73 Å². The number of anilines is 1. The summed E-state index contributed by atoms with van der Waals surface area (Å²) < 4.78 is 0. The van der Waals surface area contributed by atoms with Crippen LogP contribution in [0.4, 0.5) is 5.82 Å². The summed E-state index contributed by atoms with van der Waals surface area (Å²) in [6, 6.07) is 1.68. The van der Waals surface area contributed by atoms with Crippen LogP contribution in [0.15, 0.2) is 12.3 Å². The molecule has 0 radical (unpaired) electrons. The molecule has 0 atom stereocenters. The quantitative estimate of drug-likeness (QED) is 0.864. The fraction of sp³-hybridized carbons (Fsp3) is 0.500. The maximum absolute atomic E-state index is 12.4. The zero-order valence-electron chi connectivity index (χ0n) is 9.97. The van der Waals surface area contributed by atoms with Crippen LogP contribution in [0.5, 0.6) is 0 Å². The molecule has 1 saturated carbocycles. The third kappa shape index (κ3) is 2.57. The number of hydrogen-bond acceptors (Lipinski definition) is 4. The summed E-state index contributed by atoms with van der Waals surface area (Å²) in [5.41, 5.74) is 5.92. The van der Waals surface area contributed by atoms with Gasteiger partial charge in [0.1, 0.15) is 5.82 Å². The molecule has 1 fully saturated rings. The molecule has 1 aromatic rings. The van der Waals surface area contributed by atoms with Crippen molar-refractivity contribution in [2.75, 3.05) is 18.9 Å². The van der Waals surface area contributed by atoms with Gasteiger partial charge in [0.2, 0.25) is 0 Å². The van der Waals surface area contributed by atoms with Gasteiger partial charge in [-0.25, -0.2) is 4.98 Å². The Hall–Kier alpha value is -1.33. The number of nitrogen functional groups attached to an aromatic ring is 1. The number of carbonyl (C=O) groups excluding carboxylic acids is 1. The monoisotopic (exact) mass is 269 g/mol. The molecule has 0 spiro atoms. The Labute approximate surface area is 111 Å². The maximum Gasteiger partial charge on any atom is 0.255 e. The van der Waals surface area contributed by atoms with Gasteiger partial charge in [-0.1, -0.05) is 11.6 Å². The Morgan fingerprint density at radius 2 is 2.33 bits per heavy atom. The van der Waals surface area contributed by atoms with Gasteiger partial charge in [0.05, 0.1) is 17.2 Å². The molecule has 1 aromatic heterocycles. The Morgan fingerprint density at radius 3 is 2.89 bits per heavy atom. The number of amides is 1. The molecule has 0 unspecified atom stereocenters. The lowest BCUT2D eigenvalue weighted by molar-refractivity contribution is 0.0526. The van der Waals surface area contributed by atoms with Crippen molar-refractivity contribution in [3.8, 4) is 0 Å². The Bertz CT molecular complexity index is 449. The average molecular weight is 270 g/mol. The average Bonchev–Trinajstić information content (AvgIpc) is 2.28. The summed E-state index contributed by atoms with van der Waals surface area (Å²) in [7, 11) is 0. The van der Waals surface area contributed by atoms with E-state index in [9.17, 15) is 4.79 Å². The number of rotatable bonds is 4. The molecule has 1 aliphatic rings. The van der Waals surface area contributed by atoms with Crippen LogP contribution >= 0.6 is 11.6 Å². The van der Waals surface area contributed by atoms with Crippen LogP contribution in [0.25, 0.3) is 0 Å². The molecule has 3 N–H and O–H groups in total. The molecule has 0 aliphatic heterocycles. The van der Waals surface area contributed by atoms with Crippen molar-refractivity contribution in [1.29, 1.82) is 0 Å².